The average Bonchev–Trinajstić information content (AvgIpc) is 2.65. The van der Waals surface area contributed by atoms with Gasteiger partial charge in [0.2, 0.25) is 0 Å². The molecule has 0 radical (unpaired) electrons. The van der Waals surface area contributed by atoms with Crippen LogP contribution in [0.3, 0.4) is 0 Å². The summed E-state index contributed by atoms with van der Waals surface area (Å²) < 4.78 is 6.35. The van der Waals surface area contributed by atoms with Crippen molar-refractivity contribution in [1.29, 1.82) is 0 Å². The number of rotatable bonds is 4. The Labute approximate surface area is 180 Å². The monoisotopic (exact) mass is 407 g/mol. The van der Waals surface area contributed by atoms with Crippen molar-refractivity contribution in [2.75, 3.05) is 6.61 Å². The lowest BCUT2D eigenvalue weighted by atomic mass is 9.84. The molecule has 1 aliphatic heterocycles. The first-order valence-electron chi connectivity index (χ1n) is 10.2. The molecule has 2 nitrogen and oxygen atoms in total. The number of halogens is 1. The van der Waals surface area contributed by atoms with Gasteiger partial charge in [-0.2, -0.15) is 0 Å². The van der Waals surface area contributed by atoms with Crippen molar-refractivity contribution in [3.8, 4) is 5.75 Å². The number of benzene rings is 3. The first kappa shape index (κ1) is 21.4. The highest BCUT2D eigenvalue weighted by atomic mass is 35.5. The van der Waals surface area contributed by atoms with Crippen molar-refractivity contribution in [3.05, 3.63) is 76.9 Å². The fraction of sp³-hybridized carbons (Fsp3) is 0.346. The number of nitrogens with zero attached hydrogens (tertiary/aromatic N) is 1. The summed E-state index contributed by atoms with van der Waals surface area (Å²) in [7, 11) is 0. The van der Waals surface area contributed by atoms with Crippen LogP contribution in [-0.2, 0) is 6.42 Å². The molecule has 1 heterocycles. The molecule has 3 aromatic rings. The molecule has 0 atom stereocenters. The van der Waals surface area contributed by atoms with Gasteiger partial charge in [0.1, 0.15) is 12.4 Å². The SMILES string of the molecule is Cc1ccc(C(C)C)c(OCC2=NC(C)(C)Cc3c2ccc2ccccc32)c1.Cl. The van der Waals surface area contributed by atoms with E-state index in [1.165, 1.54) is 33.0 Å². The average molecular weight is 408 g/mol. The lowest BCUT2D eigenvalue weighted by Crippen LogP contribution is -2.31. The maximum absolute atomic E-state index is 6.35. The van der Waals surface area contributed by atoms with Crippen molar-refractivity contribution in [2.24, 2.45) is 4.99 Å². The van der Waals surface area contributed by atoms with Gasteiger partial charge in [-0.25, -0.2) is 0 Å². The number of fused-ring (bicyclic) bond motifs is 3. The van der Waals surface area contributed by atoms with E-state index in [-0.39, 0.29) is 17.9 Å². The van der Waals surface area contributed by atoms with Gasteiger partial charge < -0.3 is 4.74 Å². The Bertz CT molecular complexity index is 1070. The van der Waals surface area contributed by atoms with Gasteiger partial charge >= 0.3 is 0 Å². The van der Waals surface area contributed by atoms with Crippen LogP contribution in [0.25, 0.3) is 10.8 Å². The van der Waals surface area contributed by atoms with E-state index in [0.29, 0.717) is 12.5 Å². The van der Waals surface area contributed by atoms with E-state index in [0.717, 1.165) is 17.9 Å². The Morgan fingerprint density at radius 1 is 1.03 bits per heavy atom. The number of ether oxygens (including phenoxy) is 1. The predicted octanol–water partition coefficient (Wildman–Crippen LogP) is 6.90. The van der Waals surface area contributed by atoms with Crippen LogP contribution < -0.4 is 4.74 Å². The molecule has 0 spiro atoms. The summed E-state index contributed by atoms with van der Waals surface area (Å²) >= 11 is 0. The lowest BCUT2D eigenvalue weighted by molar-refractivity contribution is 0.366. The summed E-state index contributed by atoms with van der Waals surface area (Å²) in [6, 6.07) is 19.5. The van der Waals surface area contributed by atoms with E-state index in [1.54, 1.807) is 0 Å². The van der Waals surface area contributed by atoms with Gasteiger partial charge in [-0.15, -0.1) is 12.4 Å². The maximum atomic E-state index is 6.35. The van der Waals surface area contributed by atoms with E-state index in [1.807, 2.05) is 0 Å². The zero-order valence-corrected chi connectivity index (χ0v) is 18.8. The van der Waals surface area contributed by atoms with E-state index < -0.39 is 0 Å². The van der Waals surface area contributed by atoms with Gasteiger partial charge in [0.25, 0.3) is 0 Å². The molecule has 3 aromatic carbocycles. The zero-order valence-electron chi connectivity index (χ0n) is 18.0. The molecular weight excluding hydrogens is 378 g/mol. The minimum absolute atomic E-state index is 0. The van der Waals surface area contributed by atoms with Gasteiger partial charge in [0.15, 0.2) is 0 Å². The van der Waals surface area contributed by atoms with Crippen LogP contribution in [0.4, 0.5) is 0 Å². The first-order chi connectivity index (χ1) is 13.3. The van der Waals surface area contributed by atoms with Crippen molar-refractivity contribution in [2.45, 2.75) is 52.5 Å². The number of hydrogen-bond donors (Lipinski definition) is 0. The Morgan fingerprint density at radius 2 is 1.79 bits per heavy atom. The van der Waals surface area contributed by atoms with Crippen molar-refractivity contribution in [3.63, 3.8) is 0 Å². The molecule has 0 saturated carbocycles. The Balaban J connectivity index is 0.00000240. The summed E-state index contributed by atoms with van der Waals surface area (Å²) in [4.78, 5) is 5.07. The van der Waals surface area contributed by atoms with Crippen LogP contribution in [0.5, 0.6) is 5.75 Å². The fourth-order valence-corrected chi connectivity index (χ4v) is 4.19. The van der Waals surface area contributed by atoms with Crippen LogP contribution in [0.15, 0.2) is 59.6 Å². The quantitative estimate of drug-likeness (QED) is 0.461. The Hall–Kier alpha value is -2.32. The summed E-state index contributed by atoms with van der Waals surface area (Å²) in [5.41, 5.74) is 6.02. The van der Waals surface area contributed by atoms with Crippen molar-refractivity contribution < 1.29 is 4.74 Å². The molecule has 29 heavy (non-hydrogen) atoms. The van der Waals surface area contributed by atoms with Gasteiger partial charge in [0, 0.05) is 5.56 Å². The van der Waals surface area contributed by atoms with Gasteiger partial charge in [-0.05, 0) is 66.6 Å². The maximum Gasteiger partial charge on any atom is 0.130 e. The molecule has 3 heteroatoms. The van der Waals surface area contributed by atoms with E-state index in [9.17, 15) is 0 Å². The minimum atomic E-state index is -0.122. The number of hydrogen-bond acceptors (Lipinski definition) is 2. The standard InChI is InChI=1S/C26H29NO.ClH/c1-17(2)20-12-10-18(3)14-25(20)28-16-24-22-13-11-19-8-6-7-9-21(19)23(22)15-26(4,5)27-24;/h6-14,17H,15-16H2,1-5H3;1H. The molecule has 4 rings (SSSR count). The van der Waals surface area contributed by atoms with E-state index in [4.69, 9.17) is 9.73 Å². The molecule has 0 N–H and O–H groups in total. The number of aliphatic imine (C=N–C) groups is 1. The topological polar surface area (TPSA) is 21.6 Å². The van der Waals surface area contributed by atoms with Crippen LogP contribution in [0, 0.1) is 6.92 Å². The molecule has 0 unspecified atom stereocenters. The van der Waals surface area contributed by atoms with Gasteiger partial charge in [-0.3, -0.25) is 4.99 Å². The van der Waals surface area contributed by atoms with Crippen LogP contribution in [-0.4, -0.2) is 17.9 Å². The lowest BCUT2D eigenvalue weighted by Gasteiger charge is -2.30. The van der Waals surface area contributed by atoms with Crippen LogP contribution >= 0.6 is 12.4 Å². The largest absolute Gasteiger partial charge is 0.487 e. The minimum Gasteiger partial charge on any atom is -0.487 e. The third-order valence-corrected chi connectivity index (χ3v) is 5.55. The van der Waals surface area contributed by atoms with Crippen molar-refractivity contribution in [1.82, 2.24) is 0 Å². The predicted molar refractivity (Wildman–Crippen MR) is 126 cm³/mol. The fourth-order valence-electron chi connectivity index (χ4n) is 4.19. The van der Waals surface area contributed by atoms with E-state index >= 15 is 0 Å². The summed E-state index contributed by atoms with van der Waals surface area (Å²) in [5, 5.41) is 2.62. The highest BCUT2D eigenvalue weighted by molar-refractivity contribution is 6.07. The first-order valence-corrected chi connectivity index (χ1v) is 10.2. The van der Waals surface area contributed by atoms with E-state index in [2.05, 4.69) is 89.2 Å². The van der Waals surface area contributed by atoms with Crippen LogP contribution in [0.2, 0.25) is 0 Å². The number of aryl methyl sites for hydroxylation is 1. The van der Waals surface area contributed by atoms with Gasteiger partial charge in [0.05, 0.1) is 11.3 Å². The smallest absolute Gasteiger partial charge is 0.130 e. The highest BCUT2D eigenvalue weighted by Gasteiger charge is 2.28. The molecule has 0 bridgehead atoms. The molecule has 0 amide bonds. The molecular formula is C26H30ClNO. The second-order valence-electron chi connectivity index (χ2n) is 8.85. The van der Waals surface area contributed by atoms with Crippen LogP contribution in [0.1, 0.15) is 55.9 Å². The second-order valence-corrected chi connectivity index (χ2v) is 8.85. The summed E-state index contributed by atoms with van der Waals surface area (Å²) in [6.07, 6.45) is 0.953. The summed E-state index contributed by atoms with van der Waals surface area (Å²) in [5.74, 6) is 1.40. The third-order valence-electron chi connectivity index (χ3n) is 5.55. The normalized spacial score (nSPS) is 14.9. The molecule has 1 aliphatic rings. The molecule has 152 valence electrons. The molecule has 0 aromatic heterocycles. The molecule has 0 fully saturated rings. The summed E-state index contributed by atoms with van der Waals surface area (Å²) in [6.45, 7) is 11.5. The van der Waals surface area contributed by atoms with Crippen molar-refractivity contribution >= 4 is 28.9 Å². The third kappa shape index (κ3) is 4.33. The Morgan fingerprint density at radius 3 is 2.55 bits per heavy atom. The highest BCUT2D eigenvalue weighted by Crippen LogP contribution is 2.33. The molecule has 0 saturated heterocycles. The second kappa shape index (κ2) is 8.20. The zero-order chi connectivity index (χ0) is 19.9. The Kier molecular flexibility index (Phi) is 6.05. The molecule has 0 aliphatic carbocycles. The van der Waals surface area contributed by atoms with Gasteiger partial charge in [-0.1, -0.05) is 62.4 Å².